The van der Waals surface area contributed by atoms with Crippen LogP contribution in [0.15, 0.2) is 45.3 Å². The average Bonchev–Trinajstić information content (AvgIpc) is 2.77. The molecule has 1 nitrogen and oxygen atoms in total. The summed E-state index contributed by atoms with van der Waals surface area (Å²) in [5.74, 6) is 0. The van der Waals surface area contributed by atoms with Crippen molar-refractivity contribution < 1.29 is 0 Å². The van der Waals surface area contributed by atoms with Crippen LogP contribution in [0, 0.1) is 6.92 Å². The van der Waals surface area contributed by atoms with E-state index in [0.29, 0.717) is 6.04 Å². The van der Waals surface area contributed by atoms with Crippen LogP contribution in [0.4, 0.5) is 5.69 Å². The third-order valence-corrected chi connectivity index (χ3v) is 5.13. The summed E-state index contributed by atoms with van der Waals surface area (Å²) >= 11 is 7.14. The monoisotopic (exact) mass is 379 g/mol. The molecule has 1 unspecified atom stereocenters. The van der Waals surface area contributed by atoms with Crippen molar-refractivity contribution in [2.75, 3.05) is 5.32 Å². The number of benzene rings is 2. The molecule has 2 aromatic carbocycles. The summed E-state index contributed by atoms with van der Waals surface area (Å²) in [4.78, 5) is 0. The van der Waals surface area contributed by atoms with Gasteiger partial charge < -0.3 is 5.32 Å². The van der Waals surface area contributed by atoms with Gasteiger partial charge in [-0.1, -0.05) is 44.0 Å². The molecule has 0 spiro atoms. The first-order valence-electron chi connectivity index (χ1n) is 6.45. The molecule has 1 aliphatic rings. The van der Waals surface area contributed by atoms with E-state index >= 15 is 0 Å². The third kappa shape index (κ3) is 2.59. The Morgan fingerprint density at radius 1 is 1.16 bits per heavy atom. The smallest absolute Gasteiger partial charge is 0.0519 e. The van der Waals surface area contributed by atoms with E-state index in [4.69, 9.17) is 0 Å². The van der Waals surface area contributed by atoms with Gasteiger partial charge in [-0.2, -0.15) is 0 Å². The van der Waals surface area contributed by atoms with Crippen molar-refractivity contribution in [2.24, 2.45) is 0 Å². The van der Waals surface area contributed by atoms with E-state index in [0.717, 1.165) is 17.3 Å². The topological polar surface area (TPSA) is 12.0 Å². The zero-order chi connectivity index (χ0) is 13.4. The molecule has 0 saturated heterocycles. The lowest BCUT2D eigenvalue weighted by atomic mass is 10.1. The zero-order valence-electron chi connectivity index (χ0n) is 10.7. The van der Waals surface area contributed by atoms with Crippen LogP contribution in [0.25, 0.3) is 0 Å². The third-order valence-electron chi connectivity index (χ3n) is 3.78. The highest BCUT2D eigenvalue weighted by atomic mass is 79.9. The minimum Gasteiger partial charge on any atom is -0.378 e. The summed E-state index contributed by atoms with van der Waals surface area (Å²) in [5, 5.41) is 3.68. The second-order valence-electron chi connectivity index (χ2n) is 4.99. The number of hydrogen-bond donors (Lipinski definition) is 1. The van der Waals surface area contributed by atoms with Crippen LogP contribution in [0.2, 0.25) is 0 Å². The Morgan fingerprint density at radius 2 is 2.00 bits per heavy atom. The molecule has 0 radical (unpaired) electrons. The number of halogens is 2. The Bertz CT molecular complexity index is 622. The fraction of sp³-hybridized carbons (Fsp3) is 0.250. The van der Waals surface area contributed by atoms with Crippen molar-refractivity contribution >= 4 is 37.5 Å². The predicted molar refractivity (Wildman–Crippen MR) is 87.7 cm³/mol. The number of fused-ring (bicyclic) bond motifs is 1. The Labute approximate surface area is 130 Å². The van der Waals surface area contributed by atoms with Crippen LogP contribution in [-0.4, -0.2) is 0 Å². The Kier molecular flexibility index (Phi) is 3.68. The number of nitrogens with one attached hydrogen (secondary N) is 1. The van der Waals surface area contributed by atoms with E-state index in [2.05, 4.69) is 80.5 Å². The van der Waals surface area contributed by atoms with Crippen LogP contribution in [0.1, 0.15) is 29.2 Å². The van der Waals surface area contributed by atoms with Crippen molar-refractivity contribution in [2.45, 2.75) is 25.8 Å². The van der Waals surface area contributed by atoms with Gasteiger partial charge in [-0.15, -0.1) is 0 Å². The van der Waals surface area contributed by atoms with Gasteiger partial charge >= 0.3 is 0 Å². The van der Waals surface area contributed by atoms with E-state index in [1.165, 1.54) is 26.9 Å². The highest BCUT2D eigenvalue weighted by Crippen LogP contribution is 2.36. The largest absolute Gasteiger partial charge is 0.378 e. The minimum atomic E-state index is 0.427. The first kappa shape index (κ1) is 13.2. The molecule has 0 saturated carbocycles. The number of anilines is 1. The van der Waals surface area contributed by atoms with Crippen molar-refractivity contribution in [1.29, 1.82) is 0 Å². The second-order valence-corrected chi connectivity index (χ2v) is 6.76. The van der Waals surface area contributed by atoms with Crippen molar-refractivity contribution in [3.05, 3.63) is 62.0 Å². The van der Waals surface area contributed by atoms with Gasteiger partial charge in [0.1, 0.15) is 0 Å². The molecule has 1 aliphatic carbocycles. The van der Waals surface area contributed by atoms with Gasteiger partial charge in [-0.3, -0.25) is 0 Å². The molecule has 0 fully saturated rings. The molecule has 0 bridgehead atoms. The van der Waals surface area contributed by atoms with Crippen molar-refractivity contribution in [1.82, 2.24) is 0 Å². The van der Waals surface area contributed by atoms with Gasteiger partial charge in [0.2, 0.25) is 0 Å². The molecule has 0 amide bonds. The lowest BCUT2D eigenvalue weighted by Crippen LogP contribution is -2.08. The van der Waals surface area contributed by atoms with Crippen LogP contribution in [-0.2, 0) is 6.42 Å². The molecule has 1 atom stereocenters. The highest BCUT2D eigenvalue weighted by Gasteiger charge is 2.22. The number of hydrogen-bond acceptors (Lipinski definition) is 1. The maximum atomic E-state index is 3.68. The Hall–Kier alpha value is -0.800. The van der Waals surface area contributed by atoms with Crippen LogP contribution in [0.5, 0.6) is 0 Å². The highest BCUT2D eigenvalue weighted by molar-refractivity contribution is 9.10. The first-order valence-corrected chi connectivity index (χ1v) is 8.04. The summed E-state index contributed by atoms with van der Waals surface area (Å²) in [6, 6.07) is 13.3. The average molecular weight is 381 g/mol. The molecule has 3 rings (SSSR count). The molecule has 0 aliphatic heterocycles. The summed E-state index contributed by atoms with van der Waals surface area (Å²) in [5.41, 5.74) is 5.38. The number of rotatable bonds is 2. The first-order chi connectivity index (χ1) is 9.15. The maximum Gasteiger partial charge on any atom is 0.0519 e. The van der Waals surface area contributed by atoms with Crippen LogP contribution >= 0.6 is 31.9 Å². The molecule has 1 N–H and O–H groups in total. The number of aryl methyl sites for hydroxylation is 1. The summed E-state index contributed by atoms with van der Waals surface area (Å²) < 4.78 is 2.33. The van der Waals surface area contributed by atoms with E-state index in [9.17, 15) is 0 Å². The standard InChI is InChI=1S/C16H15Br2N/c1-10-14(18)3-2-4-15(10)19-16-8-5-11-9-12(17)6-7-13(11)16/h2-4,6-7,9,16,19H,5,8H2,1H3. The Morgan fingerprint density at radius 3 is 2.84 bits per heavy atom. The van der Waals surface area contributed by atoms with E-state index in [-0.39, 0.29) is 0 Å². The zero-order valence-corrected chi connectivity index (χ0v) is 13.9. The lowest BCUT2D eigenvalue weighted by molar-refractivity contribution is 0.761. The summed E-state index contributed by atoms with van der Waals surface area (Å²) in [6.45, 7) is 2.14. The Balaban J connectivity index is 1.89. The van der Waals surface area contributed by atoms with E-state index in [1.807, 2.05) is 0 Å². The predicted octanol–water partition coefficient (Wildman–Crippen LogP) is 5.62. The molecular weight excluding hydrogens is 366 g/mol. The second kappa shape index (κ2) is 5.29. The molecule has 0 heterocycles. The van der Waals surface area contributed by atoms with Gasteiger partial charge in [-0.05, 0) is 60.7 Å². The maximum absolute atomic E-state index is 3.68. The molecule has 0 aromatic heterocycles. The van der Waals surface area contributed by atoms with Crippen LogP contribution < -0.4 is 5.32 Å². The van der Waals surface area contributed by atoms with E-state index in [1.54, 1.807) is 0 Å². The molecule has 98 valence electrons. The van der Waals surface area contributed by atoms with Gasteiger partial charge in [0.15, 0.2) is 0 Å². The van der Waals surface area contributed by atoms with Crippen molar-refractivity contribution in [3.63, 3.8) is 0 Å². The fourth-order valence-electron chi connectivity index (χ4n) is 2.69. The molecule has 3 heteroatoms. The van der Waals surface area contributed by atoms with Gasteiger partial charge in [0, 0.05) is 14.6 Å². The van der Waals surface area contributed by atoms with E-state index < -0.39 is 0 Å². The van der Waals surface area contributed by atoms with Gasteiger partial charge in [-0.25, -0.2) is 0 Å². The normalized spacial score (nSPS) is 17.3. The summed E-state index contributed by atoms with van der Waals surface area (Å²) in [7, 11) is 0. The van der Waals surface area contributed by atoms with Crippen molar-refractivity contribution in [3.8, 4) is 0 Å². The lowest BCUT2D eigenvalue weighted by Gasteiger charge is -2.18. The van der Waals surface area contributed by atoms with Crippen LogP contribution in [0.3, 0.4) is 0 Å². The molecular formula is C16H15Br2N. The summed E-state index contributed by atoms with van der Waals surface area (Å²) in [6.07, 6.45) is 2.32. The SMILES string of the molecule is Cc1c(Br)cccc1NC1CCc2cc(Br)ccc21. The van der Waals surface area contributed by atoms with Gasteiger partial charge in [0.05, 0.1) is 6.04 Å². The quantitative estimate of drug-likeness (QED) is 0.712. The molecule has 2 aromatic rings. The molecule has 19 heavy (non-hydrogen) atoms. The van der Waals surface area contributed by atoms with Gasteiger partial charge in [0.25, 0.3) is 0 Å². The fourth-order valence-corrected chi connectivity index (χ4v) is 3.46. The minimum absolute atomic E-state index is 0.427.